The quantitative estimate of drug-likeness (QED) is 0.254. The summed E-state index contributed by atoms with van der Waals surface area (Å²) >= 11 is 0. The van der Waals surface area contributed by atoms with Gasteiger partial charge in [0.25, 0.3) is 5.69 Å². The topological polar surface area (TPSA) is 43.1 Å². The van der Waals surface area contributed by atoms with E-state index in [0.29, 0.717) is 0 Å². The van der Waals surface area contributed by atoms with Gasteiger partial charge in [0.15, 0.2) is 0 Å². The fourth-order valence-electron chi connectivity index (χ4n) is 3.06. The second-order valence-electron chi connectivity index (χ2n) is 6.98. The normalized spacial score (nSPS) is 11.9. The van der Waals surface area contributed by atoms with Crippen molar-refractivity contribution in [2.75, 3.05) is 26.2 Å². The first-order chi connectivity index (χ1) is 10.9. The molecule has 4 nitrogen and oxygen atoms in total. The zero-order valence-corrected chi connectivity index (χ0v) is 15.3. The first-order valence-corrected chi connectivity index (χ1v) is 9.01. The van der Waals surface area contributed by atoms with Crippen LogP contribution in [-0.4, -0.2) is 35.6 Å². The number of nitrogens with zero attached hydrogens (tertiary/aromatic N) is 2. The van der Waals surface area contributed by atoms with Gasteiger partial charge in [-0.1, -0.05) is 26.0 Å². The standard InChI is InChI=1S/C19H33N2O2/c1-5-21(6-2,16-14-17(3)4)15-8-7-9-18-10-12-19(13-11-18)20(22)23/h10-13,17H,5-9,14-16H2,1-4H3/q+1. The Kier molecular flexibility index (Phi) is 8.24. The molecule has 0 amide bonds. The molecule has 0 bridgehead atoms. The molecule has 4 heteroatoms. The van der Waals surface area contributed by atoms with Crippen molar-refractivity contribution in [2.45, 2.75) is 53.4 Å². The predicted molar refractivity (Wildman–Crippen MR) is 96.6 cm³/mol. The van der Waals surface area contributed by atoms with Gasteiger partial charge in [0.2, 0.25) is 0 Å². The van der Waals surface area contributed by atoms with E-state index in [2.05, 4.69) is 27.7 Å². The van der Waals surface area contributed by atoms with Crippen molar-refractivity contribution in [3.8, 4) is 0 Å². The van der Waals surface area contributed by atoms with Crippen LogP contribution in [0.2, 0.25) is 0 Å². The van der Waals surface area contributed by atoms with Gasteiger partial charge in [0, 0.05) is 12.1 Å². The van der Waals surface area contributed by atoms with Crippen molar-refractivity contribution >= 4 is 5.69 Å². The van der Waals surface area contributed by atoms with Crippen LogP contribution in [0, 0.1) is 16.0 Å². The summed E-state index contributed by atoms with van der Waals surface area (Å²) in [6, 6.07) is 6.99. The van der Waals surface area contributed by atoms with Gasteiger partial charge in [-0.15, -0.1) is 0 Å². The van der Waals surface area contributed by atoms with Crippen LogP contribution in [0.4, 0.5) is 5.69 Å². The molecule has 0 radical (unpaired) electrons. The van der Waals surface area contributed by atoms with Crippen molar-refractivity contribution in [1.82, 2.24) is 0 Å². The number of nitro benzene ring substituents is 1. The van der Waals surface area contributed by atoms with E-state index in [1.54, 1.807) is 12.1 Å². The molecular formula is C19H33N2O2+. The van der Waals surface area contributed by atoms with Crippen LogP contribution >= 0.6 is 0 Å². The van der Waals surface area contributed by atoms with Crippen LogP contribution in [-0.2, 0) is 6.42 Å². The van der Waals surface area contributed by atoms with E-state index in [9.17, 15) is 10.1 Å². The number of hydrogen-bond acceptors (Lipinski definition) is 2. The van der Waals surface area contributed by atoms with Gasteiger partial charge in [0.05, 0.1) is 31.1 Å². The second-order valence-corrected chi connectivity index (χ2v) is 6.98. The zero-order chi connectivity index (χ0) is 17.3. The molecule has 130 valence electrons. The van der Waals surface area contributed by atoms with Crippen molar-refractivity contribution in [3.05, 3.63) is 39.9 Å². The van der Waals surface area contributed by atoms with Gasteiger partial charge in [-0.05, 0) is 51.0 Å². The predicted octanol–water partition coefficient (Wildman–Crippen LogP) is 4.82. The fourth-order valence-corrected chi connectivity index (χ4v) is 3.06. The Hall–Kier alpha value is -1.42. The number of hydrogen-bond donors (Lipinski definition) is 0. The summed E-state index contributed by atoms with van der Waals surface area (Å²) in [5.74, 6) is 0.769. The molecule has 1 aromatic carbocycles. The average molecular weight is 321 g/mol. The first kappa shape index (κ1) is 19.6. The minimum atomic E-state index is -0.340. The van der Waals surface area contributed by atoms with E-state index in [0.717, 1.165) is 18.8 Å². The van der Waals surface area contributed by atoms with Gasteiger partial charge in [0.1, 0.15) is 0 Å². The van der Waals surface area contributed by atoms with Crippen LogP contribution in [0.3, 0.4) is 0 Å². The summed E-state index contributed by atoms with van der Waals surface area (Å²) in [4.78, 5) is 10.3. The van der Waals surface area contributed by atoms with Crippen molar-refractivity contribution in [3.63, 3.8) is 0 Å². The molecular weight excluding hydrogens is 288 g/mol. The van der Waals surface area contributed by atoms with Gasteiger partial charge in [-0.25, -0.2) is 0 Å². The van der Waals surface area contributed by atoms with Crippen molar-refractivity contribution < 1.29 is 9.41 Å². The molecule has 0 N–H and O–H groups in total. The van der Waals surface area contributed by atoms with Gasteiger partial charge >= 0.3 is 0 Å². The maximum atomic E-state index is 10.7. The van der Waals surface area contributed by atoms with Gasteiger partial charge in [-0.2, -0.15) is 0 Å². The summed E-state index contributed by atoms with van der Waals surface area (Å²) in [7, 11) is 0. The minimum Gasteiger partial charge on any atom is -0.324 e. The maximum Gasteiger partial charge on any atom is 0.269 e. The largest absolute Gasteiger partial charge is 0.324 e. The van der Waals surface area contributed by atoms with E-state index < -0.39 is 0 Å². The molecule has 23 heavy (non-hydrogen) atoms. The number of non-ortho nitro benzene ring substituents is 1. The lowest BCUT2D eigenvalue weighted by Gasteiger charge is -2.37. The smallest absolute Gasteiger partial charge is 0.269 e. The molecule has 0 aliphatic heterocycles. The Labute approximate surface area is 141 Å². The van der Waals surface area contributed by atoms with Crippen LogP contribution in [0.15, 0.2) is 24.3 Å². The number of aryl methyl sites for hydroxylation is 1. The molecule has 0 saturated carbocycles. The molecule has 1 rings (SSSR count). The minimum absolute atomic E-state index is 0.176. The third-order valence-corrected chi connectivity index (χ3v) is 5.02. The zero-order valence-electron chi connectivity index (χ0n) is 15.3. The van der Waals surface area contributed by atoms with Crippen molar-refractivity contribution in [1.29, 1.82) is 0 Å². The fraction of sp³-hybridized carbons (Fsp3) is 0.684. The molecule has 0 spiro atoms. The lowest BCUT2D eigenvalue weighted by atomic mass is 10.1. The summed E-state index contributed by atoms with van der Waals surface area (Å²) in [6.07, 6.45) is 4.68. The van der Waals surface area contributed by atoms with Crippen molar-refractivity contribution in [2.24, 2.45) is 5.92 Å². The number of quaternary nitrogens is 1. The van der Waals surface area contributed by atoms with Crippen LogP contribution in [0.1, 0.15) is 52.5 Å². The Morgan fingerprint density at radius 2 is 1.65 bits per heavy atom. The maximum absolute atomic E-state index is 10.7. The summed E-state index contributed by atoms with van der Waals surface area (Å²) in [6.45, 7) is 14.2. The molecule has 0 atom stereocenters. The van der Waals surface area contributed by atoms with E-state index >= 15 is 0 Å². The molecule has 0 heterocycles. The third-order valence-electron chi connectivity index (χ3n) is 5.02. The van der Waals surface area contributed by atoms with E-state index in [-0.39, 0.29) is 10.6 Å². The first-order valence-electron chi connectivity index (χ1n) is 9.01. The number of rotatable bonds is 11. The molecule has 0 saturated heterocycles. The summed E-state index contributed by atoms with van der Waals surface area (Å²) in [5.41, 5.74) is 1.37. The van der Waals surface area contributed by atoms with Gasteiger partial charge < -0.3 is 4.48 Å². The Morgan fingerprint density at radius 1 is 1.04 bits per heavy atom. The third kappa shape index (κ3) is 6.69. The highest BCUT2D eigenvalue weighted by atomic mass is 16.6. The lowest BCUT2D eigenvalue weighted by Crippen LogP contribution is -2.49. The molecule has 1 aromatic rings. The van der Waals surface area contributed by atoms with E-state index in [4.69, 9.17) is 0 Å². The lowest BCUT2D eigenvalue weighted by molar-refractivity contribution is -0.925. The highest BCUT2D eigenvalue weighted by molar-refractivity contribution is 5.32. The number of nitro groups is 1. The summed E-state index contributed by atoms with van der Waals surface area (Å²) < 4.78 is 1.22. The van der Waals surface area contributed by atoms with Gasteiger partial charge in [-0.3, -0.25) is 10.1 Å². The van der Waals surface area contributed by atoms with Crippen LogP contribution in [0.5, 0.6) is 0 Å². The molecule has 0 unspecified atom stereocenters. The SMILES string of the molecule is CC[N+](CC)(CCCCc1ccc([N+](=O)[O-])cc1)CCC(C)C. The molecule has 0 aliphatic carbocycles. The Bertz CT molecular complexity index is 465. The van der Waals surface area contributed by atoms with Crippen LogP contribution < -0.4 is 0 Å². The van der Waals surface area contributed by atoms with Crippen LogP contribution in [0.25, 0.3) is 0 Å². The monoisotopic (exact) mass is 321 g/mol. The highest BCUT2D eigenvalue weighted by Crippen LogP contribution is 2.16. The molecule has 0 fully saturated rings. The van der Waals surface area contributed by atoms with E-state index in [1.165, 1.54) is 49.1 Å². The molecule has 0 aliphatic rings. The average Bonchev–Trinajstić information content (AvgIpc) is 2.55. The summed E-state index contributed by atoms with van der Waals surface area (Å²) in [5, 5.41) is 10.7. The number of unbranched alkanes of at least 4 members (excludes halogenated alkanes) is 1. The molecule has 0 aromatic heterocycles. The highest BCUT2D eigenvalue weighted by Gasteiger charge is 2.22. The van der Waals surface area contributed by atoms with E-state index in [1.807, 2.05) is 12.1 Å². The second kappa shape index (κ2) is 9.66. The number of benzene rings is 1. The Balaban J connectivity index is 2.42. The Morgan fingerprint density at radius 3 is 2.13 bits per heavy atom.